The lowest BCUT2D eigenvalue weighted by Gasteiger charge is -2.17. The molecule has 2 aromatic carbocycles. The van der Waals surface area contributed by atoms with Crippen molar-refractivity contribution in [2.75, 3.05) is 11.4 Å². The van der Waals surface area contributed by atoms with E-state index in [1.807, 2.05) is 60.4 Å². The summed E-state index contributed by atoms with van der Waals surface area (Å²) < 4.78 is 0.972. The first-order valence-corrected chi connectivity index (χ1v) is 9.52. The number of amides is 3. The summed E-state index contributed by atoms with van der Waals surface area (Å²) in [6, 6.07) is 15.3. The molecule has 1 heterocycles. The van der Waals surface area contributed by atoms with Gasteiger partial charge in [0.2, 0.25) is 5.91 Å². The van der Waals surface area contributed by atoms with Crippen LogP contribution in [-0.4, -0.2) is 18.5 Å². The quantitative estimate of drug-likeness (QED) is 0.770. The number of benzene rings is 2. The summed E-state index contributed by atoms with van der Waals surface area (Å²) in [5.41, 5.74) is 2.94. The minimum atomic E-state index is -0.216. The fraction of sp³-hybridized carbons (Fsp3) is 0.300. The van der Waals surface area contributed by atoms with Crippen LogP contribution in [0.25, 0.3) is 0 Å². The van der Waals surface area contributed by atoms with Crippen molar-refractivity contribution in [3.8, 4) is 0 Å². The Morgan fingerprint density at radius 2 is 1.92 bits per heavy atom. The number of halogens is 1. The Morgan fingerprint density at radius 1 is 1.19 bits per heavy atom. The number of nitrogens with zero attached hydrogens (tertiary/aromatic N) is 1. The Kier molecular flexibility index (Phi) is 5.93. The summed E-state index contributed by atoms with van der Waals surface area (Å²) in [5, 5.41) is 5.81. The molecule has 136 valence electrons. The zero-order valence-electron chi connectivity index (χ0n) is 14.7. The van der Waals surface area contributed by atoms with Crippen molar-refractivity contribution in [1.29, 1.82) is 0 Å². The van der Waals surface area contributed by atoms with E-state index in [-0.39, 0.29) is 18.0 Å². The van der Waals surface area contributed by atoms with Crippen LogP contribution in [0.15, 0.2) is 53.0 Å². The number of hydrogen-bond donors (Lipinski definition) is 2. The first kappa shape index (κ1) is 18.5. The van der Waals surface area contributed by atoms with Crippen LogP contribution in [0.3, 0.4) is 0 Å². The molecule has 1 aliphatic heterocycles. The number of rotatable bonds is 5. The van der Waals surface area contributed by atoms with Crippen LogP contribution in [0.5, 0.6) is 0 Å². The molecule has 3 amide bonds. The summed E-state index contributed by atoms with van der Waals surface area (Å²) >= 11 is 3.50. The molecule has 1 atom stereocenters. The lowest BCUT2D eigenvalue weighted by molar-refractivity contribution is -0.117. The summed E-state index contributed by atoms with van der Waals surface area (Å²) in [6.07, 6.45) is 1.54. The molecule has 1 saturated heterocycles. The maximum absolute atomic E-state index is 12.1. The molecule has 1 unspecified atom stereocenters. The predicted octanol–water partition coefficient (Wildman–Crippen LogP) is 4.14. The highest BCUT2D eigenvalue weighted by Crippen LogP contribution is 2.23. The zero-order valence-corrected chi connectivity index (χ0v) is 16.3. The SMILES string of the molecule is CC(NC(=O)NCc1ccc(N2CCCC2=O)cc1)c1ccccc1Br. The fourth-order valence-electron chi connectivity index (χ4n) is 3.05. The number of nitrogens with one attached hydrogen (secondary N) is 2. The number of carbonyl (C=O) groups excluding carboxylic acids is 2. The van der Waals surface area contributed by atoms with Crippen molar-refractivity contribution < 1.29 is 9.59 Å². The van der Waals surface area contributed by atoms with Gasteiger partial charge < -0.3 is 15.5 Å². The van der Waals surface area contributed by atoms with Crippen molar-refractivity contribution >= 4 is 33.6 Å². The highest BCUT2D eigenvalue weighted by Gasteiger charge is 2.21. The summed E-state index contributed by atoms with van der Waals surface area (Å²) in [7, 11) is 0. The smallest absolute Gasteiger partial charge is 0.315 e. The molecular formula is C20H22BrN3O2. The van der Waals surface area contributed by atoms with E-state index in [1.54, 1.807) is 0 Å². The second-order valence-corrected chi connectivity index (χ2v) is 7.24. The zero-order chi connectivity index (χ0) is 18.5. The van der Waals surface area contributed by atoms with Gasteiger partial charge >= 0.3 is 6.03 Å². The molecule has 1 fully saturated rings. The maximum Gasteiger partial charge on any atom is 0.315 e. The molecule has 0 saturated carbocycles. The topological polar surface area (TPSA) is 61.4 Å². The molecule has 0 radical (unpaired) electrons. The number of carbonyl (C=O) groups is 2. The van der Waals surface area contributed by atoms with E-state index in [9.17, 15) is 9.59 Å². The van der Waals surface area contributed by atoms with Gasteiger partial charge in [0.15, 0.2) is 0 Å². The Morgan fingerprint density at radius 3 is 2.58 bits per heavy atom. The lowest BCUT2D eigenvalue weighted by Crippen LogP contribution is -2.36. The average Bonchev–Trinajstić information content (AvgIpc) is 3.06. The second-order valence-electron chi connectivity index (χ2n) is 6.39. The van der Waals surface area contributed by atoms with Crippen LogP contribution >= 0.6 is 15.9 Å². The van der Waals surface area contributed by atoms with Crippen LogP contribution in [0.1, 0.15) is 36.9 Å². The molecule has 1 aliphatic rings. The highest BCUT2D eigenvalue weighted by atomic mass is 79.9. The Bertz CT molecular complexity index is 792. The van der Waals surface area contributed by atoms with Crippen molar-refractivity contribution in [2.45, 2.75) is 32.4 Å². The van der Waals surface area contributed by atoms with Crippen LogP contribution < -0.4 is 15.5 Å². The first-order valence-electron chi connectivity index (χ1n) is 8.72. The molecule has 5 nitrogen and oxygen atoms in total. The molecule has 6 heteroatoms. The van der Waals surface area contributed by atoms with E-state index >= 15 is 0 Å². The molecule has 0 bridgehead atoms. The maximum atomic E-state index is 12.1. The van der Waals surface area contributed by atoms with Crippen LogP contribution in [0.2, 0.25) is 0 Å². The minimum absolute atomic E-state index is 0.103. The fourth-order valence-corrected chi connectivity index (χ4v) is 3.68. The Labute approximate surface area is 161 Å². The summed E-state index contributed by atoms with van der Waals surface area (Å²) in [5.74, 6) is 0.177. The molecule has 2 aromatic rings. The molecular weight excluding hydrogens is 394 g/mol. The molecule has 0 aromatic heterocycles. The summed E-state index contributed by atoms with van der Waals surface area (Å²) in [6.45, 7) is 3.16. The largest absolute Gasteiger partial charge is 0.334 e. The van der Waals surface area contributed by atoms with Gasteiger partial charge in [-0.3, -0.25) is 4.79 Å². The van der Waals surface area contributed by atoms with Crippen molar-refractivity contribution in [3.63, 3.8) is 0 Å². The molecule has 2 N–H and O–H groups in total. The standard InChI is InChI=1S/C20H22BrN3O2/c1-14(17-5-2-3-6-18(17)21)23-20(26)22-13-15-8-10-16(11-9-15)24-12-4-7-19(24)25/h2-3,5-6,8-11,14H,4,7,12-13H2,1H3,(H2,22,23,26). The van der Waals surface area contributed by atoms with Gasteiger partial charge in [0.1, 0.15) is 0 Å². The second kappa shape index (κ2) is 8.36. The first-order chi connectivity index (χ1) is 12.5. The van der Waals surface area contributed by atoms with E-state index in [0.29, 0.717) is 13.0 Å². The average molecular weight is 416 g/mol. The van der Waals surface area contributed by atoms with Gasteiger partial charge in [0.05, 0.1) is 6.04 Å². The van der Waals surface area contributed by atoms with E-state index in [4.69, 9.17) is 0 Å². The predicted molar refractivity (Wildman–Crippen MR) is 106 cm³/mol. The van der Waals surface area contributed by atoms with E-state index < -0.39 is 0 Å². The third kappa shape index (κ3) is 4.43. The highest BCUT2D eigenvalue weighted by molar-refractivity contribution is 9.10. The lowest BCUT2D eigenvalue weighted by atomic mass is 10.1. The Hall–Kier alpha value is -2.34. The van der Waals surface area contributed by atoms with Crippen LogP contribution in [-0.2, 0) is 11.3 Å². The third-order valence-corrected chi connectivity index (χ3v) is 5.22. The minimum Gasteiger partial charge on any atom is -0.334 e. The van der Waals surface area contributed by atoms with Gasteiger partial charge in [-0.2, -0.15) is 0 Å². The Balaban J connectivity index is 1.51. The van der Waals surface area contributed by atoms with E-state index in [2.05, 4.69) is 26.6 Å². The van der Waals surface area contributed by atoms with E-state index in [0.717, 1.165) is 34.3 Å². The van der Waals surface area contributed by atoms with E-state index in [1.165, 1.54) is 0 Å². The molecule has 3 rings (SSSR count). The third-order valence-electron chi connectivity index (χ3n) is 4.49. The molecule has 26 heavy (non-hydrogen) atoms. The van der Waals surface area contributed by atoms with Gasteiger partial charge in [-0.05, 0) is 42.7 Å². The monoisotopic (exact) mass is 415 g/mol. The molecule has 0 aliphatic carbocycles. The van der Waals surface area contributed by atoms with Gasteiger partial charge in [-0.1, -0.05) is 46.3 Å². The number of anilines is 1. The van der Waals surface area contributed by atoms with Gasteiger partial charge in [0.25, 0.3) is 0 Å². The van der Waals surface area contributed by atoms with Crippen molar-refractivity contribution in [2.24, 2.45) is 0 Å². The molecule has 0 spiro atoms. The normalized spacial score (nSPS) is 15.0. The number of hydrogen-bond acceptors (Lipinski definition) is 2. The number of urea groups is 1. The van der Waals surface area contributed by atoms with Crippen molar-refractivity contribution in [3.05, 3.63) is 64.1 Å². The van der Waals surface area contributed by atoms with Crippen LogP contribution in [0.4, 0.5) is 10.5 Å². The van der Waals surface area contributed by atoms with Crippen LogP contribution in [0, 0.1) is 0 Å². The van der Waals surface area contributed by atoms with Crippen molar-refractivity contribution in [1.82, 2.24) is 10.6 Å². The van der Waals surface area contributed by atoms with Gasteiger partial charge in [0, 0.05) is 29.7 Å². The summed E-state index contributed by atoms with van der Waals surface area (Å²) in [4.78, 5) is 25.7. The van der Waals surface area contributed by atoms with Gasteiger partial charge in [-0.15, -0.1) is 0 Å². The van der Waals surface area contributed by atoms with Gasteiger partial charge in [-0.25, -0.2) is 4.79 Å².